The highest BCUT2D eigenvalue weighted by atomic mass is 19.4. The van der Waals surface area contributed by atoms with Crippen LogP contribution in [0.4, 0.5) is 18.9 Å². The lowest BCUT2D eigenvalue weighted by Gasteiger charge is -2.17. The standard InChI is InChI=1S/C27H21F3N2O/c1-18-15-23(20-7-3-2-4-8-20)24(17-25(18)27(28,29)30)26(33)32-21-12-10-19(11-13-21)16-22-9-5-6-14-31-22/h2-15,17H,16H2,1H3,(H,32,33). The average molecular weight is 446 g/mol. The average Bonchev–Trinajstić information content (AvgIpc) is 2.80. The van der Waals surface area contributed by atoms with Crippen molar-refractivity contribution in [1.29, 1.82) is 0 Å². The summed E-state index contributed by atoms with van der Waals surface area (Å²) in [6.45, 7) is 1.40. The molecule has 0 saturated heterocycles. The minimum atomic E-state index is -4.55. The molecule has 3 nitrogen and oxygen atoms in total. The molecule has 1 amide bonds. The van der Waals surface area contributed by atoms with Gasteiger partial charge in [0.25, 0.3) is 5.91 Å². The van der Waals surface area contributed by atoms with Crippen molar-refractivity contribution in [3.8, 4) is 11.1 Å². The fourth-order valence-electron chi connectivity index (χ4n) is 3.67. The van der Waals surface area contributed by atoms with Gasteiger partial charge in [-0.25, -0.2) is 0 Å². The lowest BCUT2D eigenvalue weighted by atomic mass is 9.93. The van der Waals surface area contributed by atoms with Crippen molar-refractivity contribution in [3.05, 3.63) is 119 Å². The Morgan fingerprint density at radius 2 is 1.61 bits per heavy atom. The largest absolute Gasteiger partial charge is 0.416 e. The van der Waals surface area contributed by atoms with Crippen LogP contribution in [0.1, 0.15) is 32.7 Å². The molecule has 166 valence electrons. The Kier molecular flexibility index (Phi) is 6.27. The number of nitrogens with zero attached hydrogens (tertiary/aromatic N) is 1. The number of aromatic nitrogens is 1. The summed E-state index contributed by atoms with van der Waals surface area (Å²) in [4.78, 5) is 17.4. The molecule has 6 heteroatoms. The normalized spacial score (nSPS) is 11.3. The van der Waals surface area contributed by atoms with Crippen molar-refractivity contribution in [3.63, 3.8) is 0 Å². The number of hydrogen-bond acceptors (Lipinski definition) is 2. The molecule has 0 aliphatic heterocycles. The lowest BCUT2D eigenvalue weighted by Crippen LogP contribution is -2.16. The van der Waals surface area contributed by atoms with Crippen LogP contribution in [0.3, 0.4) is 0 Å². The SMILES string of the molecule is Cc1cc(-c2ccccc2)c(C(=O)Nc2ccc(Cc3ccccn3)cc2)cc1C(F)(F)F. The third-order valence-corrected chi connectivity index (χ3v) is 5.32. The molecule has 0 aliphatic rings. The van der Waals surface area contributed by atoms with Gasteiger partial charge in [-0.3, -0.25) is 9.78 Å². The summed E-state index contributed by atoms with van der Waals surface area (Å²) in [6, 6.07) is 24.1. The van der Waals surface area contributed by atoms with Crippen LogP contribution in [0.15, 0.2) is 91.1 Å². The van der Waals surface area contributed by atoms with Crippen molar-refractivity contribution in [2.75, 3.05) is 5.32 Å². The summed E-state index contributed by atoms with van der Waals surface area (Å²) in [5.74, 6) is -0.600. The van der Waals surface area contributed by atoms with Crippen LogP contribution in [-0.2, 0) is 12.6 Å². The van der Waals surface area contributed by atoms with E-state index < -0.39 is 17.6 Å². The molecule has 1 aromatic heterocycles. The van der Waals surface area contributed by atoms with Crippen molar-refractivity contribution in [2.45, 2.75) is 19.5 Å². The number of pyridine rings is 1. The van der Waals surface area contributed by atoms with Gasteiger partial charge in [0.2, 0.25) is 0 Å². The van der Waals surface area contributed by atoms with Gasteiger partial charge >= 0.3 is 6.18 Å². The van der Waals surface area contributed by atoms with Gasteiger partial charge in [-0.05, 0) is 59.5 Å². The fraction of sp³-hybridized carbons (Fsp3) is 0.111. The maximum absolute atomic E-state index is 13.5. The van der Waals surface area contributed by atoms with Crippen LogP contribution in [0.25, 0.3) is 11.1 Å². The maximum Gasteiger partial charge on any atom is 0.416 e. The van der Waals surface area contributed by atoms with Gasteiger partial charge < -0.3 is 5.32 Å². The number of aryl methyl sites for hydroxylation is 1. The van der Waals surface area contributed by atoms with Crippen molar-refractivity contribution in [1.82, 2.24) is 4.98 Å². The van der Waals surface area contributed by atoms with E-state index in [0.717, 1.165) is 17.3 Å². The van der Waals surface area contributed by atoms with Gasteiger partial charge in [0.15, 0.2) is 0 Å². The number of anilines is 1. The first-order chi connectivity index (χ1) is 15.8. The van der Waals surface area contributed by atoms with Crippen LogP contribution in [0.5, 0.6) is 0 Å². The molecular formula is C27H21F3N2O. The summed E-state index contributed by atoms with van der Waals surface area (Å²) < 4.78 is 40.6. The number of hydrogen-bond donors (Lipinski definition) is 1. The van der Waals surface area contributed by atoms with Crippen LogP contribution < -0.4 is 5.32 Å². The summed E-state index contributed by atoms with van der Waals surface area (Å²) in [5, 5.41) is 2.74. The van der Waals surface area contributed by atoms with Gasteiger partial charge in [0.1, 0.15) is 0 Å². The van der Waals surface area contributed by atoms with E-state index in [9.17, 15) is 18.0 Å². The number of halogens is 3. The predicted octanol–water partition coefficient (Wildman–Crippen LogP) is 6.92. The number of rotatable bonds is 5. The highest BCUT2D eigenvalue weighted by Crippen LogP contribution is 2.36. The smallest absolute Gasteiger partial charge is 0.322 e. The number of nitrogens with one attached hydrogen (secondary N) is 1. The molecule has 0 bridgehead atoms. The van der Waals surface area contributed by atoms with Crippen molar-refractivity contribution < 1.29 is 18.0 Å². The minimum Gasteiger partial charge on any atom is -0.322 e. The first-order valence-corrected chi connectivity index (χ1v) is 10.4. The van der Waals surface area contributed by atoms with Gasteiger partial charge in [-0.1, -0.05) is 54.6 Å². The number of carbonyl (C=O) groups is 1. The van der Waals surface area contributed by atoms with Gasteiger partial charge in [0.05, 0.1) is 5.56 Å². The second-order valence-electron chi connectivity index (χ2n) is 7.73. The highest BCUT2D eigenvalue weighted by molar-refractivity contribution is 6.09. The zero-order chi connectivity index (χ0) is 23.4. The van der Waals surface area contributed by atoms with E-state index in [4.69, 9.17) is 0 Å². The third-order valence-electron chi connectivity index (χ3n) is 5.32. The second kappa shape index (κ2) is 9.28. The predicted molar refractivity (Wildman–Crippen MR) is 123 cm³/mol. The zero-order valence-electron chi connectivity index (χ0n) is 17.9. The molecule has 0 unspecified atom stereocenters. The van der Waals surface area contributed by atoms with Gasteiger partial charge in [-0.2, -0.15) is 13.2 Å². The van der Waals surface area contributed by atoms with Crippen LogP contribution >= 0.6 is 0 Å². The molecule has 0 saturated carbocycles. The molecule has 4 aromatic rings. The summed E-state index contributed by atoms with van der Waals surface area (Å²) in [5.41, 5.74) is 2.76. The molecule has 4 rings (SSSR count). The molecule has 3 aromatic carbocycles. The van der Waals surface area contributed by atoms with E-state index in [0.29, 0.717) is 23.2 Å². The number of alkyl halides is 3. The Balaban J connectivity index is 1.63. The highest BCUT2D eigenvalue weighted by Gasteiger charge is 2.34. The molecule has 0 spiro atoms. The molecule has 33 heavy (non-hydrogen) atoms. The maximum atomic E-state index is 13.5. The van der Waals surface area contributed by atoms with E-state index in [1.807, 2.05) is 36.4 Å². The van der Waals surface area contributed by atoms with Crippen LogP contribution in [0, 0.1) is 6.92 Å². The second-order valence-corrected chi connectivity index (χ2v) is 7.73. The van der Waals surface area contributed by atoms with E-state index in [1.54, 1.807) is 42.6 Å². The summed E-state index contributed by atoms with van der Waals surface area (Å²) >= 11 is 0. The fourth-order valence-corrected chi connectivity index (χ4v) is 3.67. The summed E-state index contributed by atoms with van der Waals surface area (Å²) in [7, 11) is 0. The Hall–Kier alpha value is -3.93. The number of benzene rings is 3. The van der Waals surface area contributed by atoms with E-state index in [-0.39, 0.29) is 11.1 Å². The number of amides is 1. The third kappa shape index (κ3) is 5.29. The molecule has 1 heterocycles. The molecule has 0 aliphatic carbocycles. The summed E-state index contributed by atoms with van der Waals surface area (Å²) in [6.07, 6.45) is -2.19. The molecule has 0 atom stereocenters. The topological polar surface area (TPSA) is 42.0 Å². The van der Waals surface area contributed by atoms with E-state index in [1.165, 1.54) is 13.0 Å². The minimum absolute atomic E-state index is 0.0308. The van der Waals surface area contributed by atoms with Gasteiger partial charge in [-0.15, -0.1) is 0 Å². The van der Waals surface area contributed by atoms with Crippen LogP contribution in [0.2, 0.25) is 0 Å². The number of carbonyl (C=O) groups excluding carboxylic acids is 1. The first kappa shape index (κ1) is 22.3. The zero-order valence-corrected chi connectivity index (χ0v) is 17.9. The Bertz CT molecular complexity index is 1250. The van der Waals surface area contributed by atoms with Crippen LogP contribution in [-0.4, -0.2) is 10.9 Å². The molecular weight excluding hydrogens is 425 g/mol. The van der Waals surface area contributed by atoms with Crippen molar-refractivity contribution in [2.24, 2.45) is 0 Å². The molecule has 1 N–H and O–H groups in total. The molecule has 0 radical (unpaired) electrons. The van der Waals surface area contributed by atoms with E-state index >= 15 is 0 Å². The first-order valence-electron chi connectivity index (χ1n) is 10.4. The Labute approximate surface area is 189 Å². The quantitative estimate of drug-likeness (QED) is 0.362. The Morgan fingerprint density at radius 1 is 0.909 bits per heavy atom. The Morgan fingerprint density at radius 3 is 2.24 bits per heavy atom. The van der Waals surface area contributed by atoms with E-state index in [2.05, 4.69) is 10.3 Å². The lowest BCUT2D eigenvalue weighted by molar-refractivity contribution is -0.138. The monoisotopic (exact) mass is 446 g/mol. The van der Waals surface area contributed by atoms with Gasteiger partial charge in [0, 0.05) is 29.6 Å². The van der Waals surface area contributed by atoms with Crippen molar-refractivity contribution >= 4 is 11.6 Å². The molecule has 0 fully saturated rings.